The van der Waals surface area contributed by atoms with Crippen molar-refractivity contribution >= 4 is 27.5 Å². The molecule has 1 amide bonds. The Morgan fingerprint density at radius 2 is 1.68 bits per heavy atom. The fourth-order valence-corrected chi connectivity index (χ4v) is 3.90. The van der Waals surface area contributed by atoms with Gasteiger partial charge in [0.2, 0.25) is 15.9 Å². The van der Waals surface area contributed by atoms with E-state index in [4.69, 9.17) is 16.3 Å². The molecule has 28 heavy (non-hydrogen) atoms. The first-order valence-corrected chi connectivity index (χ1v) is 10.8. The van der Waals surface area contributed by atoms with Gasteiger partial charge in [-0.1, -0.05) is 43.1 Å². The lowest BCUT2D eigenvalue weighted by atomic mass is 10.1. The van der Waals surface area contributed by atoms with Crippen molar-refractivity contribution in [2.75, 3.05) is 13.2 Å². The van der Waals surface area contributed by atoms with Gasteiger partial charge >= 0.3 is 0 Å². The molecule has 2 N–H and O–H groups in total. The van der Waals surface area contributed by atoms with Crippen LogP contribution in [-0.4, -0.2) is 33.5 Å². The van der Waals surface area contributed by atoms with Gasteiger partial charge in [-0.2, -0.15) is 4.72 Å². The lowest BCUT2D eigenvalue weighted by molar-refractivity contribution is -0.123. The summed E-state index contributed by atoms with van der Waals surface area (Å²) >= 11 is 5.82. The average molecular weight is 425 g/mol. The Morgan fingerprint density at radius 1 is 1.07 bits per heavy atom. The highest BCUT2D eigenvalue weighted by atomic mass is 35.5. The van der Waals surface area contributed by atoms with Gasteiger partial charge < -0.3 is 10.1 Å². The zero-order chi connectivity index (χ0) is 20.7. The Labute approximate surface area is 171 Å². The van der Waals surface area contributed by atoms with Crippen LogP contribution in [0.15, 0.2) is 53.4 Å². The Morgan fingerprint density at radius 3 is 2.25 bits per heavy atom. The van der Waals surface area contributed by atoms with E-state index in [2.05, 4.69) is 10.0 Å². The maximum Gasteiger partial charge on any atom is 0.241 e. The summed E-state index contributed by atoms with van der Waals surface area (Å²) in [6.45, 7) is 5.94. The summed E-state index contributed by atoms with van der Waals surface area (Å²) in [5, 5.41) is 3.32. The number of benzene rings is 2. The first-order valence-electron chi connectivity index (χ1n) is 8.94. The van der Waals surface area contributed by atoms with E-state index in [0.29, 0.717) is 10.8 Å². The second-order valence-electron chi connectivity index (χ2n) is 6.75. The minimum absolute atomic E-state index is 0.127. The van der Waals surface area contributed by atoms with Crippen LogP contribution in [-0.2, 0) is 14.8 Å². The Bertz CT molecular complexity index is 881. The normalized spacial score (nSPS) is 12.6. The molecule has 6 nitrogen and oxygen atoms in total. The summed E-state index contributed by atoms with van der Waals surface area (Å²) in [4.78, 5) is 12.6. The molecule has 8 heteroatoms. The molecule has 0 saturated heterocycles. The first kappa shape index (κ1) is 22.2. The van der Waals surface area contributed by atoms with Crippen molar-refractivity contribution in [3.8, 4) is 5.75 Å². The van der Waals surface area contributed by atoms with Gasteiger partial charge in [0.15, 0.2) is 0 Å². The van der Waals surface area contributed by atoms with Crippen LogP contribution in [0.25, 0.3) is 0 Å². The predicted molar refractivity (Wildman–Crippen MR) is 110 cm³/mol. The molecule has 0 fully saturated rings. The van der Waals surface area contributed by atoms with Crippen LogP contribution < -0.4 is 14.8 Å². The van der Waals surface area contributed by atoms with Crippen molar-refractivity contribution in [3.63, 3.8) is 0 Å². The standard InChI is InChI=1S/C20H25ClN2O4S/c1-14(2)19(23-28(25,26)18-10-4-15(3)5-11-18)20(24)22-12-13-27-17-8-6-16(21)7-9-17/h4-11,14,19,23H,12-13H2,1-3H3,(H,22,24)/t19-/m0/s1. The SMILES string of the molecule is Cc1ccc(S(=O)(=O)N[C@H](C(=O)NCCOc2ccc(Cl)cc2)C(C)C)cc1. The third-order valence-electron chi connectivity index (χ3n) is 4.05. The number of halogens is 1. The third-order valence-corrected chi connectivity index (χ3v) is 5.76. The Kier molecular flexibility index (Phi) is 7.86. The summed E-state index contributed by atoms with van der Waals surface area (Å²) < 4.78 is 33.2. The molecule has 0 unspecified atom stereocenters. The molecule has 0 aliphatic rings. The van der Waals surface area contributed by atoms with Crippen molar-refractivity contribution < 1.29 is 17.9 Å². The van der Waals surface area contributed by atoms with Crippen LogP contribution in [0.3, 0.4) is 0 Å². The smallest absolute Gasteiger partial charge is 0.241 e. The van der Waals surface area contributed by atoms with Gasteiger partial charge in [0.25, 0.3) is 0 Å². The highest BCUT2D eigenvalue weighted by molar-refractivity contribution is 7.89. The van der Waals surface area contributed by atoms with Crippen molar-refractivity contribution in [3.05, 3.63) is 59.1 Å². The van der Waals surface area contributed by atoms with Gasteiger partial charge in [-0.25, -0.2) is 8.42 Å². The lowest BCUT2D eigenvalue weighted by Crippen LogP contribution is -2.50. The highest BCUT2D eigenvalue weighted by Crippen LogP contribution is 2.15. The van der Waals surface area contributed by atoms with E-state index in [1.807, 2.05) is 6.92 Å². The second kappa shape index (κ2) is 9.91. The molecule has 0 aliphatic carbocycles. The van der Waals surface area contributed by atoms with Gasteiger partial charge in [-0.15, -0.1) is 0 Å². The number of rotatable bonds is 9. The fraction of sp³-hybridized carbons (Fsp3) is 0.350. The molecule has 0 spiro atoms. The van der Waals surface area contributed by atoms with Crippen molar-refractivity contribution in [2.45, 2.75) is 31.7 Å². The van der Waals surface area contributed by atoms with Crippen LogP contribution in [0.5, 0.6) is 5.75 Å². The number of amides is 1. The molecule has 0 radical (unpaired) electrons. The second-order valence-corrected chi connectivity index (χ2v) is 8.90. The molecule has 0 aromatic heterocycles. The number of hydrogen-bond donors (Lipinski definition) is 2. The third kappa shape index (κ3) is 6.51. The summed E-state index contributed by atoms with van der Waals surface area (Å²) in [6, 6.07) is 12.5. The van der Waals surface area contributed by atoms with E-state index < -0.39 is 22.0 Å². The van der Waals surface area contributed by atoms with E-state index in [1.165, 1.54) is 12.1 Å². The first-order chi connectivity index (χ1) is 13.2. The largest absolute Gasteiger partial charge is 0.492 e. The van der Waals surface area contributed by atoms with Crippen molar-refractivity contribution in [1.82, 2.24) is 10.0 Å². The van der Waals surface area contributed by atoms with Gasteiger partial charge in [0, 0.05) is 5.02 Å². The van der Waals surface area contributed by atoms with Gasteiger partial charge in [0.05, 0.1) is 11.4 Å². The van der Waals surface area contributed by atoms with E-state index in [-0.39, 0.29) is 24.0 Å². The van der Waals surface area contributed by atoms with E-state index >= 15 is 0 Å². The van der Waals surface area contributed by atoms with E-state index in [1.54, 1.807) is 50.2 Å². The maximum atomic E-state index is 12.6. The van der Waals surface area contributed by atoms with Crippen molar-refractivity contribution in [1.29, 1.82) is 0 Å². The van der Waals surface area contributed by atoms with Crippen LogP contribution in [0.4, 0.5) is 0 Å². The quantitative estimate of drug-likeness (QED) is 0.605. The fourth-order valence-electron chi connectivity index (χ4n) is 2.43. The predicted octanol–water partition coefficient (Wildman–Crippen LogP) is 3.15. The minimum Gasteiger partial charge on any atom is -0.492 e. The number of hydrogen-bond acceptors (Lipinski definition) is 4. The van der Waals surface area contributed by atoms with Gasteiger partial charge in [0.1, 0.15) is 18.4 Å². The van der Waals surface area contributed by atoms with Gasteiger partial charge in [-0.05, 0) is 49.2 Å². The molecular weight excluding hydrogens is 400 g/mol. The molecule has 152 valence electrons. The molecule has 2 rings (SSSR count). The molecule has 0 saturated carbocycles. The molecule has 0 bridgehead atoms. The Hall–Kier alpha value is -2.09. The van der Waals surface area contributed by atoms with Crippen LogP contribution in [0.2, 0.25) is 5.02 Å². The number of carbonyl (C=O) groups is 1. The van der Waals surface area contributed by atoms with E-state index in [0.717, 1.165) is 5.56 Å². The van der Waals surface area contributed by atoms with E-state index in [9.17, 15) is 13.2 Å². The number of ether oxygens (including phenoxy) is 1. The van der Waals surface area contributed by atoms with Crippen LogP contribution in [0, 0.1) is 12.8 Å². The molecule has 0 heterocycles. The van der Waals surface area contributed by atoms with Crippen LogP contribution in [0.1, 0.15) is 19.4 Å². The number of carbonyl (C=O) groups excluding carboxylic acids is 1. The zero-order valence-corrected chi connectivity index (χ0v) is 17.7. The monoisotopic (exact) mass is 424 g/mol. The lowest BCUT2D eigenvalue weighted by Gasteiger charge is -2.21. The molecule has 1 atom stereocenters. The minimum atomic E-state index is -3.80. The number of nitrogens with one attached hydrogen (secondary N) is 2. The molecule has 0 aliphatic heterocycles. The number of sulfonamides is 1. The molecular formula is C20H25ClN2O4S. The summed E-state index contributed by atoms with van der Waals surface area (Å²) in [6.07, 6.45) is 0. The summed E-state index contributed by atoms with van der Waals surface area (Å²) in [5.74, 6) is 0.0157. The summed E-state index contributed by atoms with van der Waals surface area (Å²) in [5.41, 5.74) is 0.956. The summed E-state index contributed by atoms with van der Waals surface area (Å²) in [7, 11) is -3.80. The number of aryl methyl sites for hydroxylation is 1. The highest BCUT2D eigenvalue weighted by Gasteiger charge is 2.28. The zero-order valence-electron chi connectivity index (χ0n) is 16.1. The molecule has 2 aromatic carbocycles. The van der Waals surface area contributed by atoms with Crippen molar-refractivity contribution in [2.24, 2.45) is 5.92 Å². The maximum absolute atomic E-state index is 12.6. The van der Waals surface area contributed by atoms with Gasteiger partial charge in [-0.3, -0.25) is 4.79 Å². The molecule has 2 aromatic rings. The topological polar surface area (TPSA) is 84.5 Å². The Balaban J connectivity index is 1.92. The van der Waals surface area contributed by atoms with Crippen LogP contribution >= 0.6 is 11.6 Å². The average Bonchev–Trinajstić information content (AvgIpc) is 2.64.